The van der Waals surface area contributed by atoms with E-state index in [1.807, 2.05) is 30.3 Å². The molecule has 2 aliphatic rings. The lowest BCUT2D eigenvalue weighted by Gasteiger charge is -2.17. The molecule has 26 heavy (non-hydrogen) atoms. The van der Waals surface area contributed by atoms with Crippen molar-refractivity contribution in [1.82, 2.24) is 4.90 Å². The number of likely N-dealkylation sites (tertiary alicyclic amines) is 1. The van der Waals surface area contributed by atoms with Crippen LogP contribution in [0, 0.1) is 5.92 Å². The van der Waals surface area contributed by atoms with Crippen molar-refractivity contribution < 1.29 is 14.3 Å². The molecule has 2 aliphatic heterocycles. The van der Waals surface area contributed by atoms with Gasteiger partial charge in [0.1, 0.15) is 18.5 Å². The van der Waals surface area contributed by atoms with Crippen LogP contribution in [0.3, 0.4) is 0 Å². The molecule has 0 bridgehead atoms. The number of hydrogen-bond donors (Lipinski definition) is 0. The Morgan fingerprint density at radius 3 is 2.81 bits per heavy atom. The molecule has 0 radical (unpaired) electrons. The molecule has 0 unspecified atom stereocenters. The van der Waals surface area contributed by atoms with E-state index in [1.54, 1.807) is 7.11 Å². The fourth-order valence-corrected chi connectivity index (χ4v) is 3.65. The first-order valence-electron chi connectivity index (χ1n) is 9.05. The Balaban J connectivity index is 1.38. The summed E-state index contributed by atoms with van der Waals surface area (Å²) in [6.07, 6.45) is 0.159. The average Bonchev–Trinajstić information content (AvgIpc) is 3.23. The van der Waals surface area contributed by atoms with Crippen LogP contribution in [0.5, 0.6) is 5.75 Å². The van der Waals surface area contributed by atoms with Crippen LogP contribution in [0.25, 0.3) is 0 Å². The second-order valence-corrected chi connectivity index (χ2v) is 6.78. The maximum atomic E-state index is 5.71. The van der Waals surface area contributed by atoms with Crippen LogP contribution in [0.2, 0.25) is 0 Å². The molecule has 0 saturated carbocycles. The van der Waals surface area contributed by atoms with Crippen molar-refractivity contribution >= 4 is 5.71 Å². The van der Waals surface area contributed by atoms with E-state index >= 15 is 0 Å². The molecule has 1 fully saturated rings. The topological polar surface area (TPSA) is 43.3 Å². The van der Waals surface area contributed by atoms with E-state index in [9.17, 15) is 0 Å². The molecule has 0 amide bonds. The predicted octanol–water partition coefficient (Wildman–Crippen LogP) is 2.95. The Labute approximate surface area is 154 Å². The summed E-state index contributed by atoms with van der Waals surface area (Å²) in [5.41, 5.74) is 3.49. The third-order valence-electron chi connectivity index (χ3n) is 4.91. The Morgan fingerprint density at radius 1 is 1.08 bits per heavy atom. The van der Waals surface area contributed by atoms with Gasteiger partial charge in [-0.25, -0.2) is 0 Å². The van der Waals surface area contributed by atoms with Gasteiger partial charge in [0, 0.05) is 26.7 Å². The van der Waals surface area contributed by atoms with E-state index in [-0.39, 0.29) is 6.10 Å². The minimum Gasteiger partial charge on any atom is -0.491 e. The van der Waals surface area contributed by atoms with Crippen molar-refractivity contribution in [2.75, 3.05) is 33.4 Å². The second kappa shape index (κ2) is 7.89. The average molecular weight is 352 g/mol. The Hall–Kier alpha value is -2.37. The maximum Gasteiger partial charge on any atom is 0.149 e. The van der Waals surface area contributed by atoms with Gasteiger partial charge >= 0.3 is 0 Å². The van der Waals surface area contributed by atoms with Crippen LogP contribution in [-0.2, 0) is 16.1 Å². The molecular weight excluding hydrogens is 328 g/mol. The van der Waals surface area contributed by atoms with Gasteiger partial charge in [0.15, 0.2) is 0 Å². The lowest BCUT2D eigenvalue weighted by Crippen LogP contribution is -2.23. The van der Waals surface area contributed by atoms with Crippen molar-refractivity contribution in [1.29, 1.82) is 0 Å². The number of methoxy groups -OCH3 is 1. The van der Waals surface area contributed by atoms with Crippen LogP contribution >= 0.6 is 0 Å². The molecule has 0 aliphatic carbocycles. The number of fused-ring (bicyclic) bond motifs is 1. The zero-order chi connectivity index (χ0) is 17.8. The molecule has 5 heteroatoms. The van der Waals surface area contributed by atoms with Crippen LogP contribution in [0.15, 0.2) is 59.8 Å². The van der Waals surface area contributed by atoms with Crippen molar-refractivity contribution in [3.63, 3.8) is 0 Å². The van der Waals surface area contributed by atoms with Gasteiger partial charge < -0.3 is 14.3 Å². The molecule has 0 N–H and O–H groups in total. The summed E-state index contributed by atoms with van der Waals surface area (Å²) in [6, 6.07) is 18.6. The first kappa shape index (κ1) is 17.1. The summed E-state index contributed by atoms with van der Waals surface area (Å²) in [5.74, 6) is 1.24. The third kappa shape index (κ3) is 3.74. The second-order valence-electron chi connectivity index (χ2n) is 6.78. The van der Waals surface area contributed by atoms with Crippen LogP contribution < -0.4 is 4.74 Å². The highest BCUT2D eigenvalue weighted by Gasteiger charge is 2.42. The lowest BCUT2D eigenvalue weighted by atomic mass is 9.95. The fourth-order valence-electron chi connectivity index (χ4n) is 3.65. The predicted molar refractivity (Wildman–Crippen MR) is 100 cm³/mol. The van der Waals surface area contributed by atoms with Gasteiger partial charge in [0.2, 0.25) is 0 Å². The van der Waals surface area contributed by atoms with Crippen molar-refractivity contribution in [2.45, 2.75) is 12.6 Å². The maximum absolute atomic E-state index is 5.71. The van der Waals surface area contributed by atoms with Crippen LogP contribution in [-0.4, -0.2) is 50.1 Å². The summed E-state index contributed by atoms with van der Waals surface area (Å²) >= 11 is 0. The monoisotopic (exact) mass is 352 g/mol. The Kier molecular flexibility index (Phi) is 5.18. The van der Waals surface area contributed by atoms with E-state index in [4.69, 9.17) is 14.3 Å². The summed E-state index contributed by atoms with van der Waals surface area (Å²) in [6.45, 7) is 3.92. The summed E-state index contributed by atoms with van der Waals surface area (Å²) in [7, 11) is 1.68. The van der Waals surface area contributed by atoms with Crippen molar-refractivity contribution in [3.05, 3.63) is 65.7 Å². The summed E-state index contributed by atoms with van der Waals surface area (Å²) < 4.78 is 10.7. The molecular formula is C21H24N2O3. The number of ether oxygens (including phenoxy) is 2. The van der Waals surface area contributed by atoms with Crippen LogP contribution in [0.4, 0.5) is 0 Å². The van der Waals surface area contributed by atoms with E-state index < -0.39 is 0 Å². The fraction of sp³-hybridized carbons (Fsp3) is 0.381. The molecule has 4 rings (SSSR count). The molecule has 2 heterocycles. The highest BCUT2D eigenvalue weighted by atomic mass is 16.6. The third-order valence-corrected chi connectivity index (χ3v) is 4.91. The normalized spacial score (nSPS) is 22.0. The molecule has 5 nitrogen and oxygen atoms in total. The zero-order valence-corrected chi connectivity index (χ0v) is 15.0. The van der Waals surface area contributed by atoms with E-state index in [0.717, 1.165) is 36.7 Å². The van der Waals surface area contributed by atoms with Crippen molar-refractivity contribution in [3.8, 4) is 5.75 Å². The summed E-state index contributed by atoms with van der Waals surface area (Å²) in [5, 5.41) is 4.35. The molecule has 2 aromatic rings. The number of hydrogen-bond acceptors (Lipinski definition) is 5. The molecule has 2 atom stereocenters. The van der Waals surface area contributed by atoms with E-state index in [0.29, 0.717) is 19.1 Å². The largest absolute Gasteiger partial charge is 0.491 e. The number of oxime groups is 1. The zero-order valence-electron chi connectivity index (χ0n) is 15.0. The highest BCUT2D eigenvalue weighted by molar-refractivity contribution is 6.03. The first-order valence-corrected chi connectivity index (χ1v) is 9.05. The van der Waals surface area contributed by atoms with E-state index in [1.165, 1.54) is 5.56 Å². The van der Waals surface area contributed by atoms with Gasteiger partial charge in [-0.3, -0.25) is 4.90 Å². The minimum atomic E-state index is 0.159. The van der Waals surface area contributed by atoms with Gasteiger partial charge in [-0.2, -0.15) is 0 Å². The quantitative estimate of drug-likeness (QED) is 0.719. The Morgan fingerprint density at radius 2 is 1.96 bits per heavy atom. The first-order chi connectivity index (χ1) is 12.8. The number of nitrogens with zero attached hydrogens (tertiary/aromatic N) is 2. The van der Waals surface area contributed by atoms with Crippen molar-refractivity contribution in [2.24, 2.45) is 11.1 Å². The smallest absolute Gasteiger partial charge is 0.149 e. The van der Waals surface area contributed by atoms with Gasteiger partial charge in [0.25, 0.3) is 0 Å². The highest BCUT2D eigenvalue weighted by Crippen LogP contribution is 2.31. The van der Waals surface area contributed by atoms with Gasteiger partial charge in [-0.15, -0.1) is 0 Å². The summed E-state index contributed by atoms with van der Waals surface area (Å²) in [4.78, 5) is 8.14. The number of rotatable bonds is 7. The molecule has 136 valence electrons. The molecule has 2 aromatic carbocycles. The lowest BCUT2D eigenvalue weighted by molar-refractivity contribution is 0.0745. The molecule has 0 spiro atoms. The molecule has 1 saturated heterocycles. The van der Waals surface area contributed by atoms with Gasteiger partial charge in [0.05, 0.1) is 18.2 Å². The van der Waals surface area contributed by atoms with Gasteiger partial charge in [-0.1, -0.05) is 47.6 Å². The van der Waals surface area contributed by atoms with Gasteiger partial charge in [-0.05, 0) is 23.3 Å². The van der Waals surface area contributed by atoms with Crippen LogP contribution in [0.1, 0.15) is 11.1 Å². The number of benzene rings is 2. The SMILES string of the molecule is COCCOc1cccc(CN2C[C@@H]3ON=C(c4ccccc4)[C@H]3C2)c1. The molecule has 0 aromatic heterocycles. The van der Waals surface area contributed by atoms with E-state index in [2.05, 4.69) is 34.3 Å². The Bertz CT molecular complexity index is 763. The minimum absolute atomic E-state index is 0.159. The standard InChI is InChI=1S/C21H24N2O3/c1-24-10-11-25-18-9-5-6-16(12-18)13-23-14-19-20(15-23)26-22-21(19)17-7-3-2-4-8-17/h2-9,12,19-20H,10-11,13-15H2,1H3/t19-,20-/m0/s1.